The maximum absolute atomic E-state index is 13.4. The van der Waals surface area contributed by atoms with E-state index in [1.807, 2.05) is 5.48 Å². The standard InChI is InChI=1S/C16H18F3N5O3S/c1-16(25)7-24(8-16)4-5-28-15-12(22-27-23-15)14(21-26)20-9-2-3-11(17)10(6-9)13(18)19/h2-3,6,13,25-26H,4-5,7-8H2,1H3,(H,20,21). The molecule has 0 aliphatic carbocycles. The second-order valence-corrected chi connectivity index (χ2v) is 7.64. The SMILES string of the molecule is CC1(O)CN(CCSc2nonc2C(=Nc2ccc(F)c(C(F)F)c2)NO)C1. The molecule has 2 heterocycles. The molecule has 8 nitrogen and oxygen atoms in total. The van der Waals surface area contributed by atoms with Gasteiger partial charge in [0.05, 0.1) is 16.9 Å². The van der Waals surface area contributed by atoms with Crippen molar-refractivity contribution in [1.29, 1.82) is 0 Å². The highest BCUT2D eigenvalue weighted by atomic mass is 32.2. The first-order valence-corrected chi connectivity index (χ1v) is 9.24. The summed E-state index contributed by atoms with van der Waals surface area (Å²) < 4.78 is 43.8. The third-order valence-electron chi connectivity index (χ3n) is 4.02. The third-order valence-corrected chi connectivity index (χ3v) is 4.95. The normalized spacial score (nSPS) is 17.0. The topological polar surface area (TPSA) is 107 Å². The Morgan fingerprint density at radius 3 is 2.82 bits per heavy atom. The fraction of sp³-hybridized carbons (Fsp3) is 0.438. The highest BCUT2D eigenvalue weighted by Crippen LogP contribution is 2.28. The van der Waals surface area contributed by atoms with Crippen LogP contribution in [0.15, 0.2) is 32.8 Å². The lowest BCUT2D eigenvalue weighted by atomic mass is 9.97. The number of hydroxylamine groups is 1. The third kappa shape index (κ3) is 4.82. The minimum Gasteiger partial charge on any atom is -0.388 e. The van der Waals surface area contributed by atoms with Gasteiger partial charge in [-0.15, -0.1) is 0 Å². The van der Waals surface area contributed by atoms with E-state index in [1.54, 1.807) is 6.92 Å². The molecule has 0 atom stereocenters. The number of halogens is 3. The number of likely N-dealkylation sites (tertiary alicyclic amines) is 1. The zero-order valence-corrected chi connectivity index (χ0v) is 15.6. The largest absolute Gasteiger partial charge is 0.388 e. The van der Waals surface area contributed by atoms with Crippen LogP contribution in [0.5, 0.6) is 0 Å². The molecule has 0 unspecified atom stereocenters. The zero-order chi connectivity index (χ0) is 20.3. The van der Waals surface area contributed by atoms with Crippen LogP contribution in [0.4, 0.5) is 18.9 Å². The van der Waals surface area contributed by atoms with Crippen molar-refractivity contribution in [3.8, 4) is 0 Å². The minimum atomic E-state index is -3.00. The molecule has 1 saturated heterocycles. The summed E-state index contributed by atoms with van der Waals surface area (Å²) in [6.45, 7) is 3.63. The van der Waals surface area contributed by atoms with Crippen molar-refractivity contribution in [3.05, 3.63) is 35.3 Å². The Balaban J connectivity index is 1.70. The molecule has 0 amide bonds. The van der Waals surface area contributed by atoms with Crippen LogP contribution in [-0.2, 0) is 0 Å². The van der Waals surface area contributed by atoms with E-state index in [4.69, 9.17) is 4.63 Å². The molecule has 1 aliphatic heterocycles. The Labute approximate surface area is 162 Å². The summed E-state index contributed by atoms with van der Waals surface area (Å²) in [6.07, 6.45) is -3.00. The molecule has 3 N–H and O–H groups in total. The Kier molecular flexibility index (Phi) is 6.23. The number of β-amino-alcohol motifs (C(OH)–C–C–N with tert-alkyl or cyclic N) is 1. The van der Waals surface area contributed by atoms with E-state index in [0.29, 0.717) is 30.4 Å². The second-order valence-electron chi connectivity index (χ2n) is 6.55. The summed E-state index contributed by atoms with van der Waals surface area (Å²) in [7, 11) is 0. The highest BCUT2D eigenvalue weighted by molar-refractivity contribution is 7.99. The van der Waals surface area contributed by atoms with Gasteiger partial charge < -0.3 is 5.11 Å². The maximum Gasteiger partial charge on any atom is 0.266 e. The van der Waals surface area contributed by atoms with Crippen molar-refractivity contribution in [1.82, 2.24) is 20.7 Å². The summed E-state index contributed by atoms with van der Waals surface area (Å²) >= 11 is 1.29. The van der Waals surface area contributed by atoms with Crippen LogP contribution in [0, 0.1) is 5.82 Å². The molecule has 3 rings (SSSR count). The predicted octanol–water partition coefficient (Wildman–Crippen LogP) is 2.36. The molecule has 0 saturated carbocycles. The number of amidine groups is 1. The second kappa shape index (κ2) is 8.47. The smallest absolute Gasteiger partial charge is 0.266 e. The summed E-state index contributed by atoms with van der Waals surface area (Å²) in [5.74, 6) is -0.610. The summed E-state index contributed by atoms with van der Waals surface area (Å²) in [5, 5.41) is 26.9. The van der Waals surface area contributed by atoms with Crippen molar-refractivity contribution >= 4 is 23.3 Å². The molecule has 0 bridgehead atoms. The molecular weight excluding hydrogens is 399 g/mol. The molecule has 1 aromatic carbocycles. The number of thioether (sulfide) groups is 1. The molecule has 0 spiro atoms. The lowest BCUT2D eigenvalue weighted by molar-refractivity contribution is -0.0801. The zero-order valence-electron chi connectivity index (χ0n) is 14.8. The van der Waals surface area contributed by atoms with Gasteiger partial charge in [0.15, 0.2) is 16.6 Å². The number of aromatic nitrogens is 2. The van der Waals surface area contributed by atoms with Crippen molar-refractivity contribution in [2.24, 2.45) is 4.99 Å². The van der Waals surface area contributed by atoms with Gasteiger partial charge in [-0.05, 0) is 35.4 Å². The van der Waals surface area contributed by atoms with Crippen molar-refractivity contribution in [2.75, 3.05) is 25.4 Å². The minimum absolute atomic E-state index is 0.00462. The number of alkyl halides is 2. The van der Waals surface area contributed by atoms with Gasteiger partial charge in [-0.25, -0.2) is 22.8 Å². The molecule has 152 valence electrons. The molecule has 1 fully saturated rings. The summed E-state index contributed by atoms with van der Waals surface area (Å²) in [5.41, 5.74) is 0.473. The van der Waals surface area contributed by atoms with E-state index in [2.05, 4.69) is 20.2 Å². The van der Waals surface area contributed by atoms with Gasteiger partial charge in [0.1, 0.15) is 5.82 Å². The van der Waals surface area contributed by atoms with Gasteiger partial charge in [0.25, 0.3) is 6.43 Å². The van der Waals surface area contributed by atoms with E-state index >= 15 is 0 Å². The van der Waals surface area contributed by atoms with Gasteiger partial charge in [0, 0.05) is 25.4 Å². The Bertz CT molecular complexity index is 854. The first-order valence-electron chi connectivity index (χ1n) is 8.26. The van der Waals surface area contributed by atoms with Crippen LogP contribution >= 0.6 is 11.8 Å². The van der Waals surface area contributed by atoms with Crippen LogP contribution < -0.4 is 5.48 Å². The predicted molar refractivity (Wildman–Crippen MR) is 94.6 cm³/mol. The van der Waals surface area contributed by atoms with Crippen LogP contribution in [-0.4, -0.2) is 62.4 Å². The number of aliphatic hydroxyl groups is 1. The van der Waals surface area contributed by atoms with E-state index in [-0.39, 0.29) is 17.2 Å². The molecule has 28 heavy (non-hydrogen) atoms. The van der Waals surface area contributed by atoms with Crippen molar-refractivity contribution in [3.63, 3.8) is 0 Å². The first kappa shape index (κ1) is 20.6. The average molecular weight is 417 g/mol. The average Bonchev–Trinajstić information content (AvgIpc) is 3.07. The number of benzene rings is 1. The van der Waals surface area contributed by atoms with Crippen molar-refractivity contribution in [2.45, 2.75) is 24.0 Å². The molecule has 1 aliphatic rings. The number of nitrogens with zero attached hydrogens (tertiary/aromatic N) is 4. The van der Waals surface area contributed by atoms with E-state index in [1.165, 1.54) is 17.8 Å². The molecule has 12 heteroatoms. The molecular formula is C16H18F3N5O3S. The highest BCUT2D eigenvalue weighted by Gasteiger charge is 2.35. The lowest BCUT2D eigenvalue weighted by Crippen LogP contribution is -2.60. The van der Waals surface area contributed by atoms with Crippen LogP contribution in [0.1, 0.15) is 24.6 Å². The number of nitrogens with one attached hydrogen (secondary N) is 1. The number of rotatable bonds is 7. The molecule has 1 aromatic heterocycles. The van der Waals surface area contributed by atoms with E-state index < -0.39 is 23.4 Å². The van der Waals surface area contributed by atoms with Crippen molar-refractivity contribution < 1.29 is 28.1 Å². The Morgan fingerprint density at radius 2 is 2.18 bits per heavy atom. The van der Waals surface area contributed by atoms with Gasteiger partial charge >= 0.3 is 0 Å². The number of hydrogen-bond donors (Lipinski definition) is 3. The fourth-order valence-electron chi connectivity index (χ4n) is 2.79. The van der Waals surface area contributed by atoms with Gasteiger partial charge in [0.2, 0.25) is 0 Å². The summed E-state index contributed by atoms with van der Waals surface area (Å²) in [4.78, 5) is 6.05. The maximum atomic E-state index is 13.4. The van der Waals surface area contributed by atoms with Gasteiger partial charge in [-0.1, -0.05) is 11.8 Å². The fourth-order valence-corrected chi connectivity index (χ4v) is 3.69. The first-order chi connectivity index (χ1) is 13.3. The van der Waals surface area contributed by atoms with Crippen LogP contribution in [0.25, 0.3) is 0 Å². The lowest BCUT2D eigenvalue weighted by Gasteiger charge is -2.44. The quantitative estimate of drug-likeness (QED) is 0.273. The Morgan fingerprint density at radius 1 is 1.43 bits per heavy atom. The van der Waals surface area contributed by atoms with Gasteiger partial charge in [-0.2, -0.15) is 0 Å². The van der Waals surface area contributed by atoms with E-state index in [9.17, 15) is 23.5 Å². The van der Waals surface area contributed by atoms with Gasteiger partial charge in [-0.3, -0.25) is 15.6 Å². The van der Waals surface area contributed by atoms with Crippen LogP contribution in [0.3, 0.4) is 0 Å². The van der Waals surface area contributed by atoms with E-state index in [0.717, 1.165) is 12.1 Å². The Hall–Kier alpha value is -2.15. The summed E-state index contributed by atoms with van der Waals surface area (Å²) in [6, 6.07) is 2.94. The van der Waals surface area contributed by atoms with Crippen LogP contribution in [0.2, 0.25) is 0 Å². The molecule has 2 aromatic rings. The monoisotopic (exact) mass is 417 g/mol. The number of aliphatic imine (C=N–C) groups is 1. The molecule has 0 radical (unpaired) electrons. The number of hydrogen-bond acceptors (Lipinski definition) is 8.